The number of nitrogens with one attached hydrogen (secondary N) is 1. The van der Waals surface area contributed by atoms with Gasteiger partial charge in [-0.25, -0.2) is 0 Å². The molecule has 94 valence electrons. The van der Waals surface area contributed by atoms with E-state index in [4.69, 9.17) is 4.74 Å². The molecular weight excluding hydrogens is 226 g/mol. The lowest BCUT2D eigenvalue weighted by atomic mass is 10.0. The van der Waals surface area contributed by atoms with Gasteiger partial charge in [-0.05, 0) is 23.3 Å². The SMILES string of the molecule is C=CC(=C)c1ccc(C(=O)NCC2COC2)cc1. The third-order valence-corrected chi connectivity index (χ3v) is 3.02. The van der Waals surface area contributed by atoms with Crippen molar-refractivity contribution < 1.29 is 9.53 Å². The van der Waals surface area contributed by atoms with Crippen LogP contribution in [0.3, 0.4) is 0 Å². The second-order valence-corrected chi connectivity index (χ2v) is 4.42. The van der Waals surface area contributed by atoms with Crippen LogP contribution in [0.25, 0.3) is 5.57 Å². The van der Waals surface area contributed by atoms with Crippen LogP contribution in [0.15, 0.2) is 43.5 Å². The molecule has 0 atom stereocenters. The molecule has 0 aliphatic carbocycles. The molecule has 1 saturated heterocycles. The number of rotatable bonds is 5. The minimum Gasteiger partial charge on any atom is -0.381 e. The highest BCUT2D eigenvalue weighted by Crippen LogP contribution is 2.14. The van der Waals surface area contributed by atoms with E-state index >= 15 is 0 Å². The number of carbonyl (C=O) groups excluding carboxylic acids is 1. The van der Waals surface area contributed by atoms with E-state index < -0.39 is 0 Å². The normalized spacial score (nSPS) is 14.7. The fraction of sp³-hybridized carbons (Fsp3) is 0.267. The molecule has 1 aliphatic rings. The van der Waals surface area contributed by atoms with Crippen molar-refractivity contribution in [1.82, 2.24) is 5.32 Å². The van der Waals surface area contributed by atoms with Gasteiger partial charge >= 0.3 is 0 Å². The number of hydrogen-bond acceptors (Lipinski definition) is 2. The maximum Gasteiger partial charge on any atom is 0.251 e. The standard InChI is InChI=1S/C15H17NO2/c1-3-11(2)13-4-6-14(7-5-13)15(17)16-8-12-9-18-10-12/h3-7,12H,1-2,8-10H2,(H,16,17). The van der Waals surface area contributed by atoms with Crippen LogP contribution in [0.2, 0.25) is 0 Å². The van der Waals surface area contributed by atoms with Gasteiger partial charge in [0.2, 0.25) is 0 Å². The first kappa shape index (κ1) is 12.6. The van der Waals surface area contributed by atoms with E-state index in [2.05, 4.69) is 18.5 Å². The molecule has 0 spiro atoms. The first-order valence-electron chi connectivity index (χ1n) is 5.98. The Bertz CT molecular complexity index is 458. The third-order valence-electron chi connectivity index (χ3n) is 3.02. The van der Waals surface area contributed by atoms with Crippen LogP contribution in [-0.2, 0) is 4.74 Å². The van der Waals surface area contributed by atoms with Crippen molar-refractivity contribution in [3.8, 4) is 0 Å². The number of amides is 1. The summed E-state index contributed by atoms with van der Waals surface area (Å²) >= 11 is 0. The number of hydrogen-bond donors (Lipinski definition) is 1. The second-order valence-electron chi connectivity index (χ2n) is 4.42. The van der Waals surface area contributed by atoms with Gasteiger partial charge in [-0.3, -0.25) is 4.79 Å². The summed E-state index contributed by atoms with van der Waals surface area (Å²) in [7, 11) is 0. The van der Waals surface area contributed by atoms with Crippen molar-refractivity contribution in [1.29, 1.82) is 0 Å². The van der Waals surface area contributed by atoms with E-state index in [-0.39, 0.29) is 5.91 Å². The molecule has 1 aromatic carbocycles. The molecule has 3 heteroatoms. The molecule has 1 aliphatic heterocycles. The lowest BCUT2D eigenvalue weighted by molar-refractivity contribution is -0.0298. The van der Waals surface area contributed by atoms with Gasteiger partial charge in [0.05, 0.1) is 13.2 Å². The van der Waals surface area contributed by atoms with Crippen LogP contribution in [-0.4, -0.2) is 25.7 Å². The van der Waals surface area contributed by atoms with Gasteiger partial charge < -0.3 is 10.1 Å². The Morgan fingerprint density at radius 3 is 2.44 bits per heavy atom. The van der Waals surface area contributed by atoms with Gasteiger partial charge in [0.25, 0.3) is 5.91 Å². The maximum absolute atomic E-state index is 11.8. The van der Waals surface area contributed by atoms with Crippen molar-refractivity contribution in [2.75, 3.05) is 19.8 Å². The number of ether oxygens (including phenoxy) is 1. The van der Waals surface area contributed by atoms with E-state index in [1.54, 1.807) is 18.2 Å². The molecule has 0 radical (unpaired) electrons. The summed E-state index contributed by atoms with van der Waals surface area (Å²) in [6.45, 7) is 9.71. The fourth-order valence-electron chi connectivity index (χ4n) is 1.69. The Balaban J connectivity index is 1.93. The van der Waals surface area contributed by atoms with Crippen molar-refractivity contribution in [2.45, 2.75) is 0 Å². The molecule has 18 heavy (non-hydrogen) atoms. The van der Waals surface area contributed by atoms with Gasteiger partial charge in [-0.15, -0.1) is 0 Å². The number of allylic oxidation sites excluding steroid dienone is 2. The zero-order valence-electron chi connectivity index (χ0n) is 10.3. The topological polar surface area (TPSA) is 38.3 Å². The van der Waals surface area contributed by atoms with Crippen molar-refractivity contribution in [2.24, 2.45) is 5.92 Å². The van der Waals surface area contributed by atoms with Gasteiger partial charge in [-0.1, -0.05) is 31.4 Å². The first-order chi connectivity index (χ1) is 8.70. The lowest BCUT2D eigenvalue weighted by Crippen LogP contribution is -2.39. The summed E-state index contributed by atoms with van der Waals surface area (Å²) in [5.74, 6) is 0.423. The Labute approximate surface area is 107 Å². The van der Waals surface area contributed by atoms with Crippen molar-refractivity contribution in [3.63, 3.8) is 0 Å². The molecule has 0 bridgehead atoms. The molecule has 1 aromatic rings. The second kappa shape index (κ2) is 5.65. The minimum atomic E-state index is -0.0438. The molecule has 0 unspecified atom stereocenters. The first-order valence-corrected chi connectivity index (χ1v) is 5.98. The van der Waals surface area contributed by atoms with Crippen LogP contribution in [0.4, 0.5) is 0 Å². The summed E-state index contributed by atoms with van der Waals surface area (Å²) in [6, 6.07) is 7.37. The Kier molecular flexibility index (Phi) is 3.95. The minimum absolute atomic E-state index is 0.0438. The predicted molar refractivity (Wildman–Crippen MR) is 72.3 cm³/mol. The molecular formula is C15H17NO2. The highest BCUT2D eigenvalue weighted by atomic mass is 16.5. The zero-order chi connectivity index (χ0) is 13.0. The highest BCUT2D eigenvalue weighted by molar-refractivity contribution is 5.94. The average molecular weight is 243 g/mol. The summed E-state index contributed by atoms with van der Waals surface area (Å²) < 4.78 is 5.06. The van der Waals surface area contributed by atoms with Gasteiger partial charge in [0.15, 0.2) is 0 Å². The smallest absolute Gasteiger partial charge is 0.251 e. The summed E-state index contributed by atoms with van der Waals surface area (Å²) in [6.07, 6.45) is 1.70. The molecule has 1 fully saturated rings. The largest absolute Gasteiger partial charge is 0.381 e. The van der Waals surface area contributed by atoms with E-state index in [1.807, 2.05) is 12.1 Å². The van der Waals surface area contributed by atoms with E-state index in [1.165, 1.54) is 0 Å². The number of carbonyl (C=O) groups is 1. The van der Waals surface area contributed by atoms with Crippen molar-refractivity contribution in [3.05, 3.63) is 54.6 Å². The summed E-state index contributed by atoms with van der Waals surface area (Å²) in [4.78, 5) is 11.8. The Morgan fingerprint density at radius 2 is 1.94 bits per heavy atom. The Hall–Kier alpha value is -1.87. The average Bonchev–Trinajstić information content (AvgIpc) is 2.36. The molecule has 1 amide bonds. The van der Waals surface area contributed by atoms with E-state index in [9.17, 15) is 4.79 Å². The maximum atomic E-state index is 11.8. The van der Waals surface area contributed by atoms with Gasteiger partial charge in [-0.2, -0.15) is 0 Å². The molecule has 0 aromatic heterocycles. The van der Waals surface area contributed by atoms with Gasteiger partial charge in [0.1, 0.15) is 0 Å². The lowest BCUT2D eigenvalue weighted by Gasteiger charge is -2.25. The summed E-state index contributed by atoms with van der Waals surface area (Å²) in [5, 5.41) is 2.90. The van der Waals surface area contributed by atoms with E-state index in [0.29, 0.717) is 18.0 Å². The summed E-state index contributed by atoms with van der Waals surface area (Å²) in [5.41, 5.74) is 2.50. The molecule has 3 nitrogen and oxygen atoms in total. The molecule has 1 N–H and O–H groups in total. The molecule has 2 rings (SSSR count). The van der Waals surface area contributed by atoms with E-state index in [0.717, 1.165) is 24.4 Å². The van der Waals surface area contributed by atoms with Crippen LogP contribution in [0, 0.1) is 5.92 Å². The predicted octanol–water partition coefficient (Wildman–Crippen LogP) is 2.26. The molecule has 0 saturated carbocycles. The quantitative estimate of drug-likeness (QED) is 0.806. The fourth-order valence-corrected chi connectivity index (χ4v) is 1.69. The van der Waals surface area contributed by atoms with Gasteiger partial charge in [0, 0.05) is 18.0 Å². The third kappa shape index (κ3) is 2.87. The van der Waals surface area contributed by atoms with Crippen LogP contribution in [0.1, 0.15) is 15.9 Å². The highest BCUT2D eigenvalue weighted by Gasteiger charge is 2.19. The van der Waals surface area contributed by atoms with Crippen LogP contribution in [0.5, 0.6) is 0 Å². The Morgan fingerprint density at radius 1 is 1.33 bits per heavy atom. The molecule has 1 heterocycles. The monoisotopic (exact) mass is 243 g/mol. The van der Waals surface area contributed by atoms with Crippen LogP contribution < -0.4 is 5.32 Å². The zero-order valence-corrected chi connectivity index (χ0v) is 10.3. The number of benzene rings is 1. The van der Waals surface area contributed by atoms with Crippen molar-refractivity contribution >= 4 is 11.5 Å². The van der Waals surface area contributed by atoms with Crippen LogP contribution >= 0.6 is 0 Å².